The molecule has 1 aliphatic rings. The Morgan fingerprint density at radius 3 is 2.80 bits per heavy atom. The Balaban J connectivity index is 2.08. The van der Waals surface area contributed by atoms with Gasteiger partial charge in [-0.25, -0.2) is 13.1 Å². The van der Waals surface area contributed by atoms with Gasteiger partial charge in [0.2, 0.25) is 10.0 Å². The van der Waals surface area contributed by atoms with Crippen LogP contribution in [0.25, 0.3) is 0 Å². The molecule has 1 aromatic rings. The van der Waals surface area contributed by atoms with Crippen LogP contribution >= 0.6 is 0 Å². The third kappa shape index (κ3) is 3.73. The SMILES string of the molecule is CCC1CCCC(Nc2cccc(S(=O)(=O)NC)c2)C1. The molecule has 0 aromatic heterocycles. The highest BCUT2D eigenvalue weighted by Crippen LogP contribution is 2.29. The van der Waals surface area contributed by atoms with E-state index in [-0.39, 0.29) is 0 Å². The zero-order valence-corrected chi connectivity index (χ0v) is 13.0. The zero-order valence-electron chi connectivity index (χ0n) is 12.2. The summed E-state index contributed by atoms with van der Waals surface area (Å²) < 4.78 is 26.0. The highest BCUT2D eigenvalue weighted by atomic mass is 32.2. The molecule has 1 aromatic carbocycles. The summed E-state index contributed by atoms with van der Waals surface area (Å²) in [5.74, 6) is 0.797. The van der Waals surface area contributed by atoms with Crippen LogP contribution in [0.15, 0.2) is 29.2 Å². The molecular formula is C15H24N2O2S. The number of nitrogens with one attached hydrogen (secondary N) is 2. The number of sulfonamides is 1. The van der Waals surface area contributed by atoms with E-state index in [1.807, 2.05) is 6.07 Å². The molecule has 0 radical (unpaired) electrons. The van der Waals surface area contributed by atoms with E-state index in [9.17, 15) is 8.42 Å². The molecule has 0 aliphatic heterocycles. The molecule has 0 heterocycles. The summed E-state index contributed by atoms with van der Waals surface area (Å²) >= 11 is 0. The first-order valence-electron chi connectivity index (χ1n) is 7.35. The first-order chi connectivity index (χ1) is 9.55. The number of hydrogen-bond donors (Lipinski definition) is 2. The minimum Gasteiger partial charge on any atom is -0.382 e. The second kappa shape index (κ2) is 6.59. The van der Waals surface area contributed by atoms with Crippen LogP contribution in [0.3, 0.4) is 0 Å². The van der Waals surface area contributed by atoms with Gasteiger partial charge < -0.3 is 5.32 Å². The normalized spacial score (nSPS) is 23.5. The Hall–Kier alpha value is -1.07. The molecular weight excluding hydrogens is 272 g/mol. The lowest BCUT2D eigenvalue weighted by Crippen LogP contribution is -2.27. The highest BCUT2D eigenvalue weighted by molar-refractivity contribution is 7.89. The van der Waals surface area contributed by atoms with E-state index in [1.165, 1.54) is 39.2 Å². The Kier molecular flexibility index (Phi) is 5.05. The van der Waals surface area contributed by atoms with Crippen LogP contribution in [0.5, 0.6) is 0 Å². The first-order valence-corrected chi connectivity index (χ1v) is 8.83. The van der Waals surface area contributed by atoms with Gasteiger partial charge in [-0.1, -0.05) is 32.3 Å². The Bertz CT molecular complexity index is 543. The third-order valence-electron chi connectivity index (χ3n) is 4.14. The first kappa shape index (κ1) is 15.3. The number of hydrogen-bond acceptors (Lipinski definition) is 3. The van der Waals surface area contributed by atoms with E-state index < -0.39 is 10.0 Å². The van der Waals surface area contributed by atoms with Crippen LogP contribution in [-0.2, 0) is 10.0 Å². The van der Waals surface area contributed by atoms with Gasteiger partial charge in [0.1, 0.15) is 0 Å². The lowest BCUT2D eigenvalue weighted by Gasteiger charge is -2.30. The summed E-state index contributed by atoms with van der Waals surface area (Å²) in [6.07, 6.45) is 6.15. The summed E-state index contributed by atoms with van der Waals surface area (Å²) in [5.41, 5.74) is 0.892. The van der Waals surface area contributed by atoms with Crippen LogP contribution < -0.4 is 10.0 Å². The summed E-state index contributed by atoms with van der Waals surface area (Å²) in [5, 5.41) is 3.49. The Morgan fingerprint density at radius 1 is 1.30 bits per heavy atom. The van der Waals surface area contributed by atoms with Gasteiger partial charge in [-0.3, -0.25) is 0 Å². The summed E-state index contributed by atoms with van der Waals surface area (Å²) in [7, 11) is -1.93. The van der Waals surface area contributed by atoms with E-state index in [0.29, 0.717) is 10.9 Å². The van der Waals surface area contributed by atoms with Gasteiger partial charge in [-0.2, -0.15) is 0 Å². The van der Waals surface area contributed by atoms with E-state index in [1.54, 1.807) is 18.2 Å². The lowest BCUT2D eigenvalue weighted by atomic mass is 9.84. The Morgan fingerprint density at radius 2 is 2.10 bits per heavy atom. The molecule has 2 N–H and O–H groups in total. The van der Waals surface area contributed by atoms with Gasteiger partial charge >= 0.3 is 0 Å². The van der Waals surface area contributed by atoms with Crippen molar-refractivity contribution >= 4 is 15.7 Å². The molecule has 5 heteroatoms. The number of anilines is 1. The minimum atomic E-state index is -3.37. The predicted octanol–water partition coefficient (Wildman–Crippen LogP) is 2.98. The molecule has 1 aliphatic carbocycles. The molecule has 112 valence electrons. The maximum absolute atomic E-state index is 11.8. The predicted molar refractivity (Wildman–Crippen MR) is 82.3 cm³/mol. The summed E-state index contributed by atoms with van der Waals surface area (Å²) in [4.78, 5) is 0.313. The number of rotatable bonds is 5. The average Bonchev–Trinajstić information content (AvgIpc) is 2.48. The fraction of sp³-hybridized carbons (Fsp3) is 0.600. The molecule has 1 saturated carbocycles. The van der Waals surface area contributed by atoms with Crippen molar-refractivity contribution in [1.82, 2.24) is 4.72 Å². The van der Waals surface area contributed by atoms with Gasteiger partial charge in [0.25, 0.3) is 0 Å². The Labute approximate surface area is 122 Å². The van der Waals surface area contributed by atoms with Gasteiger partial charge in [-0.15, -0.1) is 0 Å². The van der Waals surface area contributed by atoms with E-state index in [2.05, 4.69) is 17.0 Å². The molecule has 2 rings (SSSR count). The average molecular weight is 296 g/mol. The van der Waals surface area contributed by atoms with Gasteiger partial charge in [-0.05, 0) is 44.0 Å². The van der Waals surface area contributed by atoms with Crippen molar-refractivity contribution in [2.24, 2.45) is 5.92 Å². The topological polar surface area (TPSA) is 58.2 Å². The van der Waals surface area contributed by atoms with Crippen LogP contribution in [0.2, 0.25) is 0 Å². The van der Waals surface area contributed by atoms with Crippen LogP contribution in [0.1, 0.15) is 39.0 Å². The molecule has 0 amide bonds. The van der Waals surface area contributed by atoms with Crippen LogP contribution in [-0.4, -0.2) is 21.5 Å². The maximum Gasteiger partial charge on any atom is 0.240 e. The molecule has 2 unspecified atom stereocenters. The van der Waals surface area contributed by atoms with Crippen molar-refractivity contribution in [3.8, 4) is 0 Å². The fourth-order valence-electron chi connectivity index (χ4n) is 2.90. The zero-order chi connectivity index (χ0) is 14.6. The fourth-order valence-corrected chi connectivity index (χ4v) is 3.68. The van der Waals surface area contributed by atoms with Crippen LogP contribution in [0.4, 0.5) is 5.69 Å². The molecule has 1 fully saturated rings. The second-order valence-corrected chi connectivity index (χ2v) is 7.40. The lowest BCUT2D eigenvalue weighted by molar-refractivity contribution is 0.327. The maximum atomic E-state index is 11.8. The van der Waals surface area contributed by atoms with Crippen molar-refractivity contribution in [1.29, 1.82) is 0 Å². The standard InChI is InChI=1S/C15H24N2O2S/c1-3-12-6-4-7-13(10-12)17-14-8-5-9-15(11-14)20(18,19)16-2/h5,8-9,11-13,16-17H,3-4,6-7,10H2,1-2H3. The van der Waals surface area contributed by atoms with Crippen molar-refractivity contribution in [2.75, 3.05) is 12.4 Å². The van der Waals surface area contributed by atoms with Gasteiger partial charge in [0.15, 0.2) is 0 Å². The third-order valence-corrected chi connectivity index (χ3v) is 5.56. The smallest absolute Gasteiger partial charge is 0.240 e. The van der Waals surface area contributed by atoms with Crippen molar-refractivity contribution in [3.05, 3.63) is 24.3 Å². The molecule has 0 bridgehead atoms. The minimum absolute atomic E-state index is 0.313. The van der Waals surface area contributed by atoms with Crippen molar-refractivity contribution in [3.63, 3.8) is 0 Å². The second-order valence-electron chi connectivity index (χ2n) is 5.52. The van der Waals surface area contributed by atoms with E-state index in [0.717, 1.165) is 11.6 Å². The van der Waals surface area contributed by atoms with Crippen molar-refractivity contribution in [2.45, 2.75) is 50.0 Å². The molecule has 20 heavy (non-hydrogen) atoms. The molecule has 4 nitrogen and oxygen atoms in total. The van der Waals surface area contributed by atoms with Crippen LogP contribution in [0, 0.1) is 5.92 Å². The van der Waals surface area contributed by atoms with Gasteiger partial charge in [0, 0.05) is 11.7 Å². The van der Waals surface area contributed by atoms with Gasteiger partial charge in [0.05, 0.1) is 4.90 Å². The molecule has 0 saturated heterocycles. The summed E-state index contributed by atoms with van der Waals surface area (Å²) in [6.45, 7) is 2.24. The molecule has 0 spiro atoms. The van der Waals surface area contributed by atoms with E-state index >= 15 is 0 Å². The largest absolute Gasteiger partial charge is 0.382 e. The van der Waals surface area contributed by atoms with Crippen molar-refractivity contribution < 1.29 is 8.42 Å². The quantitative estimate of drug-likeness (QED) is 0.878. The molecule has 2 atom stereocenters. The summed E-state index contributed by atoms with van der Waals surface area (Å²) in [6, 6.07) is 7.51. The monoisotopic (exact) mass is 296 g/mol. The van der Waals surface area contributed by atoms with E-state index in [4.69, 9.17) is 0 Å². The number of benzene rings is 1. The highest BCUT2D eigenvalue weighted by Gasteiger charge is 2.21.